The van der Waals surface area contributed by atoms with Gasteiger partial charge in [-0.3, -0.25) is 0 Å². The van der Waals surface area contributed by atoms with Gasteiger partial charge in [-0.05, 0) is 42.8 Å². The van der Waals surface area contributed by atoms with E-state index in [0.717, 1.165) is 5.56 Å². The molecule has 0 unspecified atom stereocenters. The van der Waals surface area contributed by atoms with Gasteiger partial charge in [0.25, 0.3) is 0 Å². The second-order valence-electron chi connectivity index (χ2n) is 4.08. The van der Waals surface area contributed by atoms with Gasteiger partial charge in [0, 0.05) is 10.7 Å². The standard InChI is InChI=1S/C14H11ClFNO2/c1-8-2-4-10(16)7-13(8)17-12-5-3-9(15)6-11(12)14(18)19/h2-7,17H,1H3,(H,18,19). The van der Waals surface area contributed by atoms with Crippen LogP contribution in [0.2, 0.25) is 5.02 Å². The second kappa shape index (κ2) is 5.28. The number of hydrogen-bond acceptors (Lipinski definition) is 2. The highest BCUT2D eigenvalue weighted by Gasteiger charge is 2.12. The number of benzene rings is 2. The maximum atomic E-state index is 13.2. The number of hydrogen-bond donors (Lipinski definition) is 2. The molecule has 0 bridgehead atoms. The molecule has 0 amide bonds. The van der Waals surface area contributed by atoms with Crippen LogP contribution in [0.4, 0.5) is 15.8 Å². The summed E-state index contributed by atoms with van der Waals surface area (Å²) in [4.78, 5) is 11.1. The van der Waals surface area contributed by atoms with E-state index >= 15 is 0 Å². The Kier molecular flexibility index (Phi) is 3.71. The molecule has 3 nitrogen and oxygen atoms in total. The van der Waals surface area contributed by atoms with Crippen LogP contribution in [0.1, 0.15) is 15.9 Å². The molecule has 0 saturated carbocycles. The van der Waals surface area contributed by atoms with Crippen molar-refractivity contribution in [2.24, 2.45) is 0 Å². The van der Waals surface area contributed by atoms with Gasteiger partial charge >= 0.3 is 5.97 Å². The zero-order valence-electron chi connectivity index (χ0n) is 10.1. The summed E-state index contributed by atoms with van der Waals surface area (Å²) in [7, 11) is 0. The molecule has 0 fully saturated rings. The van der Waals surface area contributed by atoms with E-state index in [4.69, 9.17) is 16.7 Å². The molecule has 98 valence electrons. The van der Waals surface area contributed by atoms with Crippen molar-refractivity contribution in [1.82, 2.24) is 0 Å². The van der Waals surface area contributed by atoms with E-state index in [2.05, 4.69) is 5.32 Å². The second-order valence-corrected chi connectivity index (χ2v) is 4.52. The maximum absolute atomic E-state index is 13.2. The molecular weight excluding hydrogens is 269 g/mol. The number of carbonyl (C=O) groups is 1. The van der Waals surface area contributed by atoms with Crippen LogP contribution in [0.3, 0.4) is 0 Å². The summed E-state index contributed by atoms with van der Waals surface area (Å²) in [6.45, 7) is 1.80. The molecule has 0 aliphatic rings. The Balaban J connectivity index is 2.43. The van der Waals surface area contributed by atoms with Crippen molar-refractivity contribution in [3.05, 3.63) is 58.4 Å². The first kappa shape index (κ1) is 13.4. The number of carboxylic acids is 1. The van der Waals surface area contributed by atoms with E-state index in [-0.39, 0.29) is 11.4 Å². The molecule has 0 saturated heterocycles. The minimum Gasteiger partial charge on any atom is -0.478 e. The van der Waals surface area contributed by atoms with Crippen LogP contribution in [-0.4, -0.2) is 11.1 Å². The van der Waals surface area contributed by atoms with Crippen molar-refractivity contribution in [3.8, 4) is 0 Å². The molecular formula is C14H11ClFNO2. The zero-order chi connectivity index (χ0) is 14.0. The molecule has 5 heteroatoms. The average molecular weight is 280 g/mol. The predicted molar refractivity (Wildman–Crippen MR) is 72.8 cm³/mol. The fourth-order valence-corrected chi connectivity index (χ4v) is 1.85. The van der Waals surface area contributed by atoms with Gasteiger partial charge in [-0.2, -0.15) is 0 Å². The molecule has 0 radical (unpaired) electrons. The lowest BCUT2D eigenvalue weighted by atomic mass is 10.1. The van der Waals surface area contributed by atoms with Crippen molar-refractivity contribution < 1.29 is 14.3 Å². The Morgan fingerprint density at radius 1 is 1.21 bits per heavy atom. The number of nitrogens with one attached hydrogen (secondary N) is 1. The summed E-state index contributed by atoms with van der Waals surface area (Å²) in [5, 5.41) is 12.4. The molecule has 0 spiro atoms. The topological polar surface area (TPSA) is 49.3 Å². The third-order valence-corrected chi connectivity index (χ3v) is 2.92. The maximum Gasteiger partial charge on any atom is 0.337 e. The van der Waals surface area contributed by atoms with E-state index in [1.54, 1.807) is 25.1 Å². The Bertz CT molecular complexity index is 643. The van der Waals surface area contributed by atoms with Crippen molar-refractivity contribution in [2.75, 3.05) is 5.32 Å². The Morgan fingerprint density at radius 2 is 1.95 bits per heavy atom. The van der Waals surface area contributed by atoms with E-state index in [1.165, 1.54) is 18.2 Å². The van der Waals surface area contributed by atoms with Gasteiger partial charge in [-0.25, -0.2) is 9.18 Å². The zero-order valence-corrected chi connectivity index (χ0v) is 10.8. The lowest BCUT2D eigenvalue weighted by Crippen LogP contribution is -2.03. The number of aryl methyl sites for hydroxylation is 1. The highest BCUT2D eigenvalue weighted by molar-refractivity contribution is 6.31. The van der Waals surface area contributed by atoms with Gasteiger partial charge in [0.05, 0.1) is 11.3 Å². The van der Waals surface area contributed by atoms with Crippen molar-refractivity contribution in [2.45, 2.75) is 6.92 Å². The molecule has 2 rings (SSSR count). The highest BCUT2D eigenvalue weighted by atomic mass is 35.5. The number of anilines is 2. The first-order chi connectivity index (χ1) is 8.97. The number of halogens is 2. The Labute approximate surface area is 114 Å². The number of aromatic carboxylic acids is 1. The lowest BCUT2D eigenvalue weighted by molar-refractivity contribution is 0.0698. The fraction of sp³-hybridized carbons (Fsp3) is 0.0714. The van der Waals surface area contributed by atoms with Gasteiger partial charge in [0.1, 0.15) is 5.82 Å². The molecule has 0 aromatic heterocycles. The Hall–Kier alpha value is -2.07. The first-order valence-electron chi connectivity index (χ1n) is 5.53. The van der Waals surface area contributed by atoms with Crippen molar-refractivity contribution >= 4 is 28.9 Å². The van der Waals surface area contributed by atoms with Crippen LogP contribution in [0.15, 0.2) is 36.4 Å². The van der Waals surface area contributed by atoms with Crippen LogP contribution in [0.25, 0.3) is 0 Å². The molecule has 2 aromatic carbocycles. The smallest absolute Gasteiger partial charge is 0.337 e. The van der Waals surface area contributed by atoms with Crippen LogP contribution in [-0.2, 0) is 0 Å². The number of rotatable bonds is 3. The average Bonchev–Trinajstić information content (AvgIpc) is 2.35. The summed E-state index contributed by atoms with van der Waals surface area (Å²) < 4.78 is 13.2. The highest BCUT2D eigenvalue weighted by Crippen LogP contribution is 2.26. The van der Waals surface area contributed by atoms with E-state index in [1.807, 2.05) is 0 Å². The third kappa shape index (κ3) is 3.03. The number of carboxylic acid groups (broad SMARTS) is 1. The molecule has 0 aliphatic heterocycles. The van der Waals surface area contributed by atoms with Crippen LogP contribution in [0, 0.1) is 12.7 Å². The molecule has 0 atom stereocenters. The summed E-state index contributed by atoms with van der Waals surface area (Å²) in [6, 6.07) is 8.76. The fourth-order valence-electron chi connectivity index (χ4n) is 1.68. The minimum atomic E-state index is -1.10. The molecule has 2 N–H and O–H groups in total. The molecule has 0 heterocycles. The Morgan fingerprint density at radius 3 is 2.63 bits per heavy atom. The third-order valence-electron chi connectivity index (χ3n) is 2.68. The molecule has 19 heavy (non-hydrogen) atoms. The summed E-state index contributed by atoms with van der Waals surface area (Å²) in [5.74, 6) is -1.49. The summed E-state index contributed by atoms with van der Waals surface area (Å²) >= 11 is 5.77. The van der Waals surface area contributed by atoms with Crippen LogP contribution in [0.5, 0.6) is 0 Å². The first-order valence-corrected chi connectivity index (χ1v) is 5.91. The lowest BCUT2D eigenvalue weighted by Gasteiger charge is -2.12. The minimum absolute atomic E-state index is 0.0381. The quantitative estimate of drug-likeness (QED) is 0.884. The summed E-state index contributed by atoms with van der Waals surface area (Å²) in [5.41, 5.74) is 1.74. The van der Waals surface area contributed by atoms with Gasteiger partial charge in [-0.1, -0.05) is 17.7 Å². The van der Waals surface area contributed by atoms with E-state index < -0.39 is 5.97 Å². The van der Waals surface area contributed by atoms with Gasteiger partial charge in [0.2, 0.25) is 0 Å². The normalized spacial score (nSPS) is 10.3. The van der Waals surface area contributed by atoms with Gasteiger partial charge in [0.15, 0.2) is 0 Å². The van der Waals surface area contributed by atoms with Crippen molar-refractivity contribution in [1.29, 1.82) is 0 Å². The SMILES string of the molecule is Cc1ccc(F)cc1Nc1ccc(Cl)cc1C(=O)O. The van der Waals surface area contributed by atoms with Crippen molar-refractivity contribution in [3.63, 3.8) is 0 Å². The monoisotopic (exact) mass is 279 g/mol. The largest absolute Gasteiger partial charge is 0.478 e. The van der Waals surface area contributed by atoms with Crippen LogP contribution < -0.4 is 5.32 Å². The van der Waals surface area contributed by atoms with Crippen LogP contribution >= 0.6 is 11.6 Å². The van der Waals surface area contributed by atoms with E-state index in [0.29, 0.717) is 16.4 Å². The predicted octanol–water partition coefficient (Wildman–Crippen LogP) is 4.23. The van der Waals surface area contributed by atoms with E-state index in [9.17, 15) is 9.18 Å². The molecule has 0 aliphatic carbocycles. The van der Waals surface area contributed by atoms with Gasteiger partial charge < -0.3 is 10.4 Å². The van der Waals surface area contributed by atoms with Gasteiger partial charge in [-0.15, -0.1) is 0 Å². The molecule has 2 aromatic rings. The summed E-state index contributed by atoms with van der Waals surface area (Å²) in [6.07, 6.45) is 0.